The molecule has 2 aliphatic rings. The van der Waals surface area contributed by atoms with Crippen molar-refractivity contribution in [1.82, 2.24) is 15.0 Å². The minimum absolute atomic E-state index is 0.120. The molecule has 4 rings (SSSR count). The van der Waals surface area contributed by atoms with Gasteiger partial charge in [-0.1, -0.05) is 0 Å². The lowest BCUT2D eigenvalue weighted by Crippen LogP contribution is -2.25. The summed E-state index contributed by atoms with van der Waals surface area (Å²) in [5.41, 5.74) is 1.05. The summed E-state index contributed by atoms with van der Waals surface area (Å²) in [6, 6.07) is 0. The first kappa shape index (κ1) is 20.4. The molecule has 2 aliphatic heterocycles. The Labute approximate surface area is 161 Å². The predicted octanol–water partition coefficient (Wildman–Crippen LogP) is 2.98. The lowest BCUT2D eigenvalue weighted by Gasteiger charge is -2.18. The highest BCUT2D eigenvalue weighted by Crippen LogP contribution is 2.42. The number of halogens is 4. The second kappa shape index (κ2) is 7.95. The molecule has 2 fully saturated rings. The molecule has 2 saturated heterocycles. The predicted molar refractivity (Wildman–Crippen MR) is 90.5 cm³/mol. The second-order valence-corrected chi connectivity index (χ2v) is 7.28. The highest BCUT2D eigenvalue weighted by molar-refractivity contribution is 7.09. The van der Waals surface area contributed by atoms with Gasteiger partial charge in [0.05, 0.1) is 18.5 Å². The number of nitrogens with zero attached hydrogens (tertiary/aromatic N) is 4. The van der Waals surface area contributed by atoms with Gasteiger partial charge in [-0.05, 0) is 13.3 Å². The van der Waals surface area contributed by atoms with E-state index in [-0.39, 0.29) is 12.2 Å². The minimum Gasteiger partial charge on any atom is -0.475 e. The summed E-state index contributed by atoms with van der Waals surface area (Å²) < 4.78 is 50.7. The van der Waals surface area contributed by atoms with Crippen LogP contribution in [0.4, 0.5) is 23.5 Å². The molecule has 1 N–H and O–H groups in total. The maximum atomic E-state index is 12.9. The molecule has 0 saturated carbocycles. The number of alkyl halides is 3. The van der Waals surface area contributed by atoms with Crippen LogP contribution in [-0.4, -0.2) is 51.4 Å². The maximum absolute atomic E-state index is 12.9. The Balaban J connectivity index is 0.000000279. The van der Waals surface area contributed by atoms with E-state index >= 15 is 0 Å². The van der Waals surface area contributed by atoms with Crippen molar-refractivity contribution in [3.05, 3.63) is 34.3 Å². The average molecular weight is 420 g/mol. The number of carboxylic acid groups (broad SMARTS) is 1. The van der Waals surface area contributed by atoms with Gasteiger partial charge in [0, 0.05) is 30.1 Å². The molecule has 0 amide bonds. The summed E-state index contributed by atoms with van der Waals surface area (Å²) in [5, 5.41) is 10.3. The lowest BCUT2D eigenvalue weighted by molar-refractivity contribution is -0.192. The van der Waals surface area contributed by atoms with E-state index in [2.05, 4.69) is 25.2 Å². The number of carbonyl (C=O) groups is 1. The van der Waals surface area contributed by atoms with Crippen molar-refractivity contribution in [3.8, 4) is 0 Å². The van der Waals surface area contributed by atoms with Crippen LogP contribution >= 0.6 is 11.3 Å². The van der Waals surface area contributed by atoms with Gasteiger partial charge in [0.15, 0.2) is 5.82 Å². The molecule has 7 nitrogen and oxygen atoms in total. The monoisotopic (exact) mass is 420 g/mol. The summed E-state index contributed by atoms with van der Waals surface area (Å²) in [6.45, 7) is 3.62. The summed E-state index contributed by atoms with van der Waals surface area (Å²) in [7, 11) is 0. The van der Waals surface area contributed by atoms with Crippen molar-refractivity contribution >= 4 is 23.3 Å². The molecule has 28 heavy (non-hydrogen) atoms. The van der Waals surface area contributed by atoms with Gasteiger partial charge in [-0.2, -0.15) is 13.2 Å². The molecule has 2 aromatic rings. The van der Waals surface area contributed by atoms with Gasteiger partial charge in [-0.25, -0.2) is 24.1 Å². The molecule has 4 heterocycles. The Morgan fingerprint density at radius 1 is 1.32 bits per heavy atom. The number of hydrogen-bond donors (Lipinski definition) is 1. The van der Waals surface area contributed by atoms with Crippen LogP contribution in [0.15, 0.2) is 17.8 Å². The number of anilines is 1. The van der Waals surface area contributed by atoms with Gasteiger partial charge in [0.2, 0.25) is 5.95 Å². The van der Waals surface area contributed by atoms with E-state index in [1.165, 1.54) is 12.4 Å². The molecule has 3 atom stereocenters. The topological polar surface area (TPSA) is 88.4 Å². The van der Waals surface area contributed by atoms with Crippen molar-refractivity contribution in [2.45, 2.75) is 31.7 Å². The quantitative estimate of drug-likeness (QED) is 0.748. The first-order chi connectivity index (χ1) is 13.1. The molecular weight excluding hydrogens is 404 g/mol. The van der Waals surface area contributed by atoms with Gasteiger partial charge in [-0.15, -0.1) is 11.3 Å². The fourth-order valence-electron chi connectivity index (χ4n) is 3.07. The molecule has 0 unspecified atom stereocenters. The lowest BCUT2D eigenvalue weighted by atomic mass is 10.0. The van der Waals surface area contributed by atoms with Crippen LogP contribution in [0.1, 0.15) is 23.2 Å². The number of carboxylic acids is 1. The number of ether oxygens (including phenoxy) is 1. The first-order valence-corrected chi connectivity index (χ1v) is 9.11. The Hall–Kier alpha value is -2.34. The van der Waals surface area contributed by atoms with Crippen molar-refractivity contribution < 1.29 is 32.2 Å². The van der Waals surface area contributed by atoms with Crippen molar-refractivity contribution in [3.63, 3.8) is 0 Å². The molecule has 0 spiro atoms. The number of thiazole rings is 1. The Morgan fingerprint density at radius 3 is 2.46 bits per heavy atom. The maximum Gasteiger partial charge on any atom is 0.490 e. The number of aliphatic carboxylic acids is 1. The number of fused-ring (bicyclic) bond motifs is 1. The highest BCUT2D eigenvalue weighted by Gasteiger charge is 2.44. The SMILES string of the molecule is Cc1csc([C@@H]2C[C@H]3CN(c4ncc(F)cn4)C[C@H]3O2)n1.O=C(O)C(F)(F)F. The van der Waals surface area contributed by atoms with E-state index < -0.39 is 18.0 Å². The molecule has 0 bridgehead atoms. The van der Waals surface area contributed by atoms with E-state index in [0.717, 1.165) is 30.2 Å². The molecular formula is C16H16F4N4O3S. The number of aryl methyl sites for hydroxylation is 1. The van der Waals surface area contributed by atoms with E-state index in [1.807, 2.05) is 6.92 Å². The summed E-state index contributed by atoms with van der Waals surface area (Å²) in [4.78, 5) is 23.6. The van der Waals surface area contributed by atoms with Gasteiger partial charge in [0.1, 0.15) is 11.1 Å². The van der Waals surface area contributed by atoms with Gasteiger partial charge in [-0.3, -0.25) is 0 Å². The zero-order chi connectivity index (χ0) is 20.5. The molecule has 12 heteroatoms. The standard InChI is InChI=1S/C14H15FN4OS.C2HF3O2/c1-8-7-21-13(18-8)11-2-9-5-19(6-12(9)20-11)14-16-3-10(15)4-17-14;3-2(4,5)1(6)7/h3-4,7,9,11-12H,2,5-6H2,1H3;(H,6,7)/t9-,11-,12+;/m0./s1. The highest BCUT2D eigenvalue weighted by atomic mass is 32.1. The van der Waals surface area contributed by atoms with Gasteiger partial charge >= 0.3 is 12.1 Å². The van der Waals surface area contributed by atoms with Crippen LogP contribution in [-0.2, 0) is 9.53 Å². The normalized spacial score (nSPS) is 23.9. The third kappa shape index (κ3) is 4.73. The van der Waals surface area contributed by atoms with Crippen LogP contribution in [0.3, 0.4) is 0 Å². The van der Waals surface area contributed by atoms with Crippen molar-refractivity contribution in [1.29, 1.82) is 0 Å². The third-order valence-electron chi connectivity index (χ3n) is 4.28. The van der Waals surface area contributed by atoms with Crippen molar-refractivity contribution in [2.24, 2.45) is 5.92 Å². The zero-order valence-electron chi connectivity index (χ0n) is 14.6. The molecule has 0 radical (unpaired) electrons. The molecule has 0 aliphatic carbocycles. The van der Waals surface area contributed by atoms with E-state index in [0.29, 0.717) is 11.9 Å². The smallest absolute Gasteiger partial charge is 0.475 e. The molecule has 152 valence electrons. The van der Waals surface area contributed by atoms with Crippen LogP contribution in [0.25, 0.3) is 0 Å². The van der Waals surface area contributed by atoms with Crippen LogP contribution in [0.5, 0.6) is 0 Å². The van der Waals surface area contributed by atoms with Crippen LogP contribution in [0.2, 0.25) is 0 Å². The molecule has 2 aromatic heterocycles. The fourth-order valence-corrected chi connectivity index (χ4v) is 3.92. The second-order valence-electron chi connectivity index (χ2n) is 6.40. The zero-order valence-corrected chi connectivity index (χ0v) is 15.4. The van der Waals surface area contributed by atoms with Gasteiger partial charge < -0.3 is 14.7 Å². The van der Waals surface area contributed by atoms with Crippen molar-refractivity contribution in [2.75, 3.05) is 18.0 Å². The Kier molecular flexibility index (Phi) is 5.79. The minimum atomic E-state index is -5.08. The number of hydrogen-bond acceptors (Lipinski definition) is 7. The van der Waals surface area contributed by atoms with E-state index in [9.17, 15) is 17.6 Å². The molecule has 0 aromatic carbocycles. The Bertz CT molecular complexity index is 816. The number of aromatic nitrogens is 3. The first-order valence-electron chi connectivity index (χ1n) is 8.23. The summed E-state index contributed by atoms with van der Waals surface area (Å²) >= 11 is 1.67. The van der Waals surface area contributed by atoms with Gasteiger partial charge in [0.25, 0.3) is 0 Å². The van der Waals surface area contributed by atoms with E-state index in [1.54, 1.807) is 11.3 Å². The van der Waals surface area contributed by atoms with Crippen LogP contribution in [0, 0.1) is 18.7 Å². The summed E-state index contributed by atoms with van der Waals surface area (Å²) in [6.07, 6.45) is -1.38. The average Bonchev–Trinajstić information content (AvgIpc) is 3.29. The summed E-state index contributed by atoms with van der Waals surface area (Å²) in [5.74, 6) is -2.12. The Morgan fingerprint density at radius 2 is 1.96 bits per heavy atom. The van der Waals surface area contributed by atoms with E-state index in [4.69, 9.17) is 14.6 Å². The largest absolute Gasteiger partial charge is 0.490 e. The number of rotatable bonds is 2. The van der Waals surface area contributed by atoms with Crippen LogP contribution < -0.4 is 4.90 Å². The fraction of sp³-hybridized carbons (Fsp3) is 0.500. The third-order valence-corrected chi connectivity index (χ3v) is 5.34.